The summed E-state index contributed by atoms with van der Waals surface area (Å²) in [4.78, 5) is 4.84. The van der Waals surface area contributed by atoms with E-state index in [-0.39, 0.29) is 10.9 Å². The van der Waals surface area contributed by atoms with Gasteiger partial charge in [0.2, 0.25) is 0 Å². The van der Waals surface area contributed by atoms with Crippen molar-refractivity contribution in [3.63, 3.8) is 0 Å². The normalized spacial score (nSPS) is 20.8. The Hall–Kier alpha value is -1.69. The average Bonchev–Trinajstić information content (AvgIpc) is 2.59. The Morgan fingerprint density at radius 1 is 0.958 bits per heavy atom. The number of pyridine rings is 1. The highest BCUT2D eigenvalue weighted by Crippen LogP contribution is 2.33. The molecule has 4 rings (SSSR count). The van der Waals surface area contributed by atoms with Crippen molar-refractivity contribution in [2.24, 2.45) is 5.73 Å². The van der Waals surface area contributed by atoms with Gasteiger partial charge in [0.15, 0.2) is 0 Å². The molecule has 0 aliphatic heterocycles. The highest BCUT2D eigenvalue weighted by molar-refractivity contribution is 9.12. The fourth-order valence-electron chi connectivity index (χ4n) is 2.92. The van der Waals surface area contributed by atoms with Crippen LogP contribution < -0.4 is 11.1 Å². The largest absolute Gasteiger partial charge is 0.355 e. The molecule has 0 radical (unpaired) electrons. The number of allylic oxidation sites excluding steroid dienone is 1. The van der Waals surface area contributed by atoms with Crippen molar-refractivity contribution in [2.75, 3.05) is 5.32 Å². The van der Waals surface area contributed by atoms with E-state index in [1.165, 1.54) is 0 Å². The zero-order valence-electron chi connectivity index (χ0n) is 12.7. The van der Waals surface area contributed by atoms with Crippen molar-refractivity contribution in [3.05, 3.63) is 70.9 Å². The Balaban J connectivity index is 1.90. The first-order chi connectivity index (χ1) is 11.6. The minimum Gasteiger partial charge on any atom is -0.355 e. The van der Waals surface area contributed by atoms with Crippen LogP contribution in [0.15, 0.2) is 70.9 Å². The first-order valence-corrected chi connectivity index (χ1v) is 9.37. The zero-order valence-corrected chi connectivity index (χ0v) is 15.9. The third kappa shape index (κ3) is 2.77. The molecule has 3 N–H and O–H groups in total. The number of para-hydroxylation sites is 2. The fraction of sp³-hybridized carbons (Fsp3) is 0.105. The van der Waals surface area contributed by atoms with Gasteiger partial charge in [0.05, 0.1) is 27.6 Å². The maximum atomic E-state index is 6.11. The molecule has 1 aliphatic rings. The number of fused-ring (bicyclic) bond motifs is 2. The first kappa shape index (κ1) is 15.8. The second-order valence-electron chi connectivity index (χ2n) is 5.77. The monoisotopic (exact) mass is 443 g/mol. The number of nitrogens with one attached hydrogen (secondary N) is 1. The Labute approximate surface area is 156 Å². The molecule has 120 valence electrons. The van der Waals surface area contributed by atoms with Gasteiger partial charge in [0.1, 0.15) is 0 Å². The topological polar surface area (TPSA) is 50.9 Å². The lowest BCUT2D eigenvalue weighted by Crippen LogP contribution is -2.32. The number of hydrogen-bond acceptors (Lipinski definition) is 3. The van der Waals surface area contributed by atoms with Crippen LogP contribution in [0.4, 0.5) is 5.69 Å². The third-order valence-electron chi connectivity index (χ3n) is 4.15. The minimum absolute atomic E-state index is 0.0681. The van der Waals surface area contributed by atoms with Crippen molar-refractivity contribution >= 4 is 59.4 Å². The molecule has 2 atom stereocenters. The first-order valence-electron chi connectivity index (χ1n) is 7.66. The van der Waals surface area contributed by atoms with E-state index >= 15 is 0 Å². The maximum absolute atomic E-state index is 6.11. The van der Waals surface area contributed by atoms with Crippen molar-refractivity contribution < 1.29 is 0 Å². The van der Waals surface area contributed by atoms with Gasteiger partial charge in [-0.3, -0.25) is 0 Å². The molecule has 0 amide bonds. The number of aromatic nitrogens is 1. The summed E-state index contributed by atoms with van der Waals surface area (Å²) in [5, 5.41) is 5.78. The molecule has 0 spiro atoms. The molecule has 1 aromatic heterocycles. The predicted octanol–water partition coefficient (Wildman–Crippen LogP) is 5.07. The van der Waals surface area contributed by atoms with Gasteiger partial charge in [-0.05, 0) is 24.3 Å². The summed E-state index contributed by atoms with van der Waals surface area (Å²) in [6, 6.07) is 16.3. The fourth-order valence-corrected chi connectivity index (χ4v) is 4.37. The van der Waals surface area contributed by atoms with Crippen molar-refractivity contribution in [3.8, 4) is 0 Å². The number of rotatable bonds is 2. The minimum atomic E-state index is -0.0681. The van der Waals surface area contributed by atoms with E-state index in [0.717, 1.165) is 37.7 Å². The van der Waals surface area contributed by atoms with Crippen molar-refractivity contribution in [1.82, 2.24) is 4.98 Å². The van der Waals surface area contributed by atoms with Crippen LogP contribution in [0, 0.1) is 0 Å². The van der Waals surface area contributed by atoms with E-state index in [1.807, 2.05) is 42.5 Å². The molecular weight excluding hydrogens is 430 g/mol. The van der Waals surface area contributed by atoms with E-state index in [9.17, 15) is 0 Å². The second kappa shape index (κ2) is 6.31. The van der Waals surface area contributed by atoms with Gasteiger partial charge < -0.3 is 11.1 Å². The molecule has 5 heteroatoms. The van der Waals surface area contributed by atoms with Gasteiger partial charge in [-0.25, -0.2) is 4.98 Å². The molecule has 2 aromatic carbocycles. The van der Waals surface area contributed by atoms with Gasteiger partial charge in [0.25, 0.3) is 0 Å². The van der Waals surface area contributed by atoms with Gasteiger partial charge in [-0.15, -0.1) is 0 Å². The van der Waals surface area contributed by atoms with Gasteiger partial charge in [-0.1, -0.05) is 68.3 Å². The summed E-state index contributed by atoms with van der Waals surface area (Å²) in [6.07, 6.45) is 4.13. The van der Waals surface area contributed by atoms with Crippen LogP contribution in [0.25, 0.3) is 21.8 Å². The van der Waals surface area contributed by atoms with Crippen LogP contribution in [-0.4, -0.2) is 15.9 Å². The van der Waals surface area contributed by atoms with E-state index in [0.29, 0.717) is 0 Å². The Morgan fingerprint density at radius 3 is 2.12 bits per heavy atom. The van der Waals surface area contributed by atoms with Crippen LogP contribution >= 0.6 is 31.9 Å². The molecule has 0 bridgehead atoms. The highest BCUT2D eigenvalue weighted by atomic mass is 79.9. The summed E-state index contributed by atoms with van der Waals surface area (Å²) in [5.74, 6) is 0. The molecule has 1 heterocycles. The number of alkyl halides is 1. The molecule has 2 unspecified atom stereocenters. The smallest absolute Gasteiger partial charge is 0.0730 e. The summed E-state index contributed by atoms with van der Waals surface area (Å²) < 4.78 is 0.969. The number of nitrogens with two attached hydrogens (primary N) is 1. The lowest BCUT2D eigenvalue weighted by Gasteiger charge is -2.23. The SMILES string of the molecule is NC1C(Br)=CC(Nc2c3ccccc3nc3ccccc23)=CC1Br. The number of halogens is 2. The Kier molecular flexibility index (Phi) is 4.16. The average molecular weight is 445 g/mol. The molecule has 1 aliphatic carbocycles. The van der Waals surface area contributed by atoms with Crippen LogP contribution in [0.5, 0.6) is 0 Å². The standard InChI is InChI=1S/C19H15Br2N3/c20-14-9-11(10-15(21)18(14)22)23-19-12-5-1-3-7-16(12)24-17-8-4-2-6-13(17)19/h1-10,14,18H,22H2,(H,23,24). The van der Waals surface area contributed by atoms with E-state index in [4.69, 9.17) is 10.7 Å². The molecule has 3 aromatic rings. The van der Waals surface area contributed by atoms with E-state index < -0.39 is 0 Å². The Bertz CT molecular complexity index is 940. The summed E-state index contributed by atoms with van der Waals surface area (Å²) in [5.41, 5.74) is 10.1. The van der Waals surface area contributed by atoms with Crippen LogP contribution in [0.1, 0.15) is 0 Å². The van der Waals surface area contributed by atoms with E-state index in [1.54, 1.807) is 0 Å². The lowest BCUT2D eigenvalue weighted by molar-refractivity contribution is 0.835. The Morgan fingerprint density at radius 2 is 1.54 bits per heavy atom. The quantitative estimate of drug-likeness (QED) is 0.428. The summed E-state index contributed by atoms with van der Waals surface area (Å²) in [6.45, 7) is 0. The van der Waals surface area contributed by atoms with Gasteiger partial charge >= 0.3 is 0 Å². The van der Waals surface area contributed by atoms with Crippen molar-refractivity contribution in [1.29, 1.82) is 0 Å². The van der Waals surface area contributed by atoms with Crippen LogP contribution in [0.2, 0.25) is 0 Å². The van der Waals surface area contributed by atoms with E-state index in [2.05, 4.69) is 55.4 Å². The van der Waals surface area contributed by atoms with Gasteiger partial charge in [-0.2, -0.15) is 0 Å². The van der Waals surface area contributed by atoms with Crippen molar-refractivity contribution in [2.45, 2.75) is 10.9 Å². The van der Waals surface area contributed by atoms with Crippen LogP contribution in [0.3, 0.4) is 0 Å². The summed E-state index contributed by atoms with van der Waals surface area (Å²) >= 11 is 7.18. The molecule has 0 saturated carbocycles. The molecule has 0 saturated heterocycles. The molecule has 24 heavy (non-hydrogen) atoms. The number of benzene rings is 2. The molecular formula is C19H15Br2N3. The number of hydrogen-bond donors (Lipinski definition) is 2. The predicted molar refractivity (Wildman–Crippen MR) is 109 cm³/mol. The highest BCUT2D eigenvalue weighted by Gasteiger charge is 2.21. The third-order valence-corrected chi connectivity index (χ3v) is 5.74. The maximum Gasteiger partial charge on any atom is 0.0730 e. The zero-order chi connectivity index (χ0) is 16.7. The summed E-state index contributed by atoms with van der Waals surface area (Å²) in [7, 11) is 0. The molecule has 0 fully saturated rings. The van der Waals surface area contributed by atoms with Gasteiger partial charge in [0, 0.05) is 21.0 Å². The lowest BCUT2D eigenvalue weighted by atomic mass is 10.0. The number of nitrogens with zero attached hydrogens (tertiary/aromatic N) is 1. The molecule has 3 nitrogen and oxygen atoms in total. The number of anilines is 1. The van der Waals surface area contributed by atoms with Crippen LogP contribution in [-0.2, 0) is 0 Å². The second-order valence-corrected chi connectivity index (χ2v) is 7.74.